The molecular formula is C52H41N. The molecule has 0 unspecified atom stereocenters. The average molecular weight is 680 g/mol. The number of nitrogens with zero attached hydrogens (tertiary/aromatic N) is 1. The molecule has 0 radical (unpaired) electrons. The van der Waals surface area contributed by atoms with Crippen LogP contribution >= 0.6 is 0 Å². The zero-order valence-electron chi connectivity index (χ0n) is 30.8. The van der Waals surface area contributed by atoms with E-state index in [1.54, 1.807) is 0 Å². The van der Waals surface area contributed by atoms with Gasteiger partial charge in [-0.15, -0.1) is 0 Å². The van der Waals surface area contributed by atoms with Crippen LogP contribution in [0.5, 0.6) is 0 Å². The van der Waals surface area contributed by atoms with Crippen LogP contribution in [0.4, 0.5) is 17.1 Å². The number of rotatable bonds is 5. The van der Waals surface area contributed by atoms with Crippen LogP contribution in [0.2, 0.25) is 0 Å². The largest absolute Gasteiger partial charge is 0.303 e. The number of anilines is 3. The first kappa shape index (κ1) is 31.6. The molecule has 0 N–H and O–H groups in total. The highest BCUT2D eigenvalue weighted by atomic mass is 15.1. The summed E-state index contributed by atoms with van der Waals surface area (Å²) in [5, 5.41) is 2.56. The Kier molecular flexibility index (Phi) is 6.99. The minimum Gasteiger partial charge on any atom is -0.303 e. The predicted molar refractivity (Wildman–Crippen MR) is 223 cm³/mol. The molecule has 1 heteroatoms. The molecule has 7 aromatic carbocycles. The lowest BCUT2D eigenvalue weighted by Crippen LogP contribution is -2.17. The quantitative estimate of drug-likeness (QED) is 0.175. The third kappa shape index (κ3) is 4.79. The smallest absolute Gasteiger partial charge is 0.0977 e. The minimum atomic E-state index is -0.158. The van der Waals surface area contributed by atoms with Gasteiger partial charge < -0.3 is 4.90 Å². The molecule has 0 bridgehead atoms. The molecule has 0 aliphatic heterocycles. The van der Waals surface area contributed by atoms with Gasteiger partial charge in [0.2, 0.25) is 0 Å². The molecule has 3 aliphatic carbocycles. The van der Waals surface area contributed by atoms with E-state index >= 15 is 0 Å². The number of allylic oxidation sites excluding steroid dienone is 4. The van der Waals surface area contributed by atoms with E-state index in [-0.39, 0.29) is 10.8 Å². The first-order valence-electron chi connectivity index (χ1n) is 18.9. The average Bonchev–Trinajstić information content (AvgIpc) is 3.58. The summed E-state index contributed by atoms with van der Waals surface area (Å²) in [4.78, 5) is 2.45. The van der Waals surface area contributed by atoms with Gasteiger partial charge in [-0.05, 0) is 116 Å². The Labute approximate surface area is 313 Å². The summed E-state index contributed by atoms with van der Waals surface area (Å²) in [6, 6.07) is 57.0. The Balaban J connectivity index is 1.24. The van der Waals surface area contributed by atoms with Crippen LogP contribution in [-0.4, -0.2) is 0 Å². The normalized spacial score (nSPS) is 15.6. The Morgan fingerprint density at radius 2 is 1.30 bits per heavy atom. The second-order valence-corrected chi connectivity index (χ2v) is 15.9. The lowest BCUT2D eigenvalue weighted by Gasteiger charge is -2.30. The van der Waals surface area contributed by atoms with E-state index in [0.29, 0.717) is 0 Å². The van der Waals surface area contributed by atoms with Crippen molar-refractivity contribution in [3.8, 4) is 33.4 Å². The van der Waals surface area contributed by atoms with E-state index in [1.807, 2.05) is 0 Å². The molecule has 254 valence electrons. The number of hydrogen-bond acceptors (Lipinski definition) is 1. The van der Waals surface area contributed by atoms with E-state index in [2.05, 4.69) is 196 Å². The van der Waals surface area contributed by atoms with E-state index in [0.717, 1.165) is 35.5 Å². The van der Waals surface area contributed by atoms with Crippen LogP contribution < -0.4 is 4.90 Å². The molecule has 0 aromatic heterocycles. The van der Waals surface area contributed by atoms with E-state index in [1.165, 1.54) is 72.0 Å². The van der Waals surface area contributed by atoms with Gasteiger partial charge in [0.05, 0.1) is 11.4 Å². The van der Waals surface area contributed by atoms with Gasteiger partial charge in [0.1, 0.15) is 0 Å². The summed E-state index contributed by atoms with van der Waals surface area (Å²) in [6.45, 7) is 9.46. The number of benzene rings is 6. The van der Waals surface area contributed by atoms with E-state index in [9.17, 15) is 0 Å². The molecule has 7 aromatic rings. The highest BCUT2D eigenvalue weighted by Crippen LogP contribution is 2.53. The fourth-order valence-electron chi connectivity index (χ4n) is 9.43. The molecule has 0 heterocycles. The number of hydrogen-bond donors (Lipinski definition) is 0. The fourth-order valence-corrected chi connectivity index (χ4v) is 9.43. The first-order chi connectivity index (χ1) is 25.8. The van der Waals surface area contributed by atoms with Crippen molar-refractivity contribution < 1.29 is 0 Å². The lowest BCUT2D eigenvalue weighted by molar-refractivity contribution is 0.660. The van der Waals surface area contributed by atoms with Gasteiger partial charge in [0.25, 0.3) is 0 Å². The molecule has 0 saturated heterocycles. The van der Waals surface area contributed by atoms with Crippen molar-refractivity contribution in [3.63, 3.8) is 0 Å². The van der Waals surface area contributed by atoms with Gasteiger partial charge in [-0.3, -0.25) is 0 Å². The van der Waals surface area contributed by atoms with Crippen LogP contribution in [0.25, 0.3) is 49.7 Å². The SMILES string of the molecule is CC1(C)c2cc(N(c3ccc4ccc5c(c4c3)C(C)(C)c3ccccc3-5)c3ccc(-c4ccccc4)cc3C3=CC=CCC3)c#cc2-c2ccccc21. The van der Waals surface area contributed by atoms with Crippen LogP contribution in [-0.2, 0) is 10.8 Å². The maximum absolute atomic E-state index is 3.72. The molecule has 0 fully saturated rings. The van der Waals surface area contributed by atoms with E-state index < -0.39 is 0 Å². The monoisotopic (exact) mass is 679 g/mol. The molecule has 0 amide bonds. The third-order valence-corrected chi connectivity index (χ3v) is 12.1. The van der Waals surface area contributed by atoms with Crippen LogP contribution in [0, 0.1) is 12.1 Å². The van der Waals surface area contributed by atoms with Crippen LogP contribution in [0.15, 0.2) is 152 Å². The first-order valence-corrected chi connectivity index (χ1v) is 18.9. The van der Waals surface area contributed by atoms with Gasteiger partial charge in [-0.1, -0.05) is 155 Å². The van der Waals surface area contributed by atoms with Crippen LogP contribution in [0.3, 0.4) is 0 Å². The minimum absolute atomic E-state index is 0.125. The number of fused-ring (bicyclic) bond motifs is 8. The zero-order valence-corrected chi connectivity index (χ0v) is 30.8. The second kappa shape index (κ2) is 11.7. The molecule has 3 aliphatic rings. The maximum Gasteiger partial charge on any atom is 0.0977 e. The summed E-state index contributed by atoms with van der Waals surface area (Å²) in [5.74, 6) is 0. The van der Waals surface area contributed by atoms with Crippen molar-refractivity contribution >= 4 is 33.4 Å². The van der Waals surface area contributed by atoms with Crippen LogP contribution in [0.1, 0.15) is 68.4 Å². The Hall–Kier alpha value is -6.10. The van der Waals surface area contributed by atoms with Crippen molar-refractivity contribution in [2.75, 3.05) is 4.90 Å². The second-order valence-electron chi connectivity index (χ2n) is 15.9. The maximum atomic E-state index is 3.72. The summed E-state index contributed by atoms with van der Waals surface area (Å²) >= 11 is 0. The molecule has 10 rings (SSSR count). The molecule has 1 nitrogen and oxygen atoms in total. The van der Waals surface area contributed by atoms with Crippen molar-refractivity contribution in [1.29, 1.82) is 0 Å². The molecule has 0 atom stereocenters. The summed E-state index contributed by atoms with van der Waals surface area (Å²) in [6.07, 6.45) is 8.82. The van der Waals surface area contributed by atoms with Crippen molar-refractivity contribution in [2.24, 2.45) is 0 Å². The van der Waals surface area contributed by atoms with Crippen molar-refractivity contribution in [3.05, 3.63) is 192 Å². The van der Waals surface area contributed by atoms with Gasteiger partial charge in [-0.2, -0.15) is 0 Å². The van der Waals surface area contributed by atoms with Gasteiger partial charge in [-0.25, -0.2) is 0 Å². The summed E-state index contributed by atoms with van der Waals surface area (Å²) < 4.78 is 0. The Bertz CT molecular complexity index is 2670. The topological polar surface area (TPSA) is 3.24 Å². The predicted octanol–water partition coefficient (Wildman–Crippen LogP) is 13.9. The highest BCUT2D eigenvalue weighted by Gasteiger charge is 2.38. The molecule has 0 spiro atoms. The summed E-state index contributed by atoms with van der Waals surface area (Å²) in [7, 11) is 0. The zero-order chi connectivity index (χ0) is 35.9. The Morgan fingerprint density at radius 1 is 0.566 bits per heavy atom. The third-order valence-electron chi connectivity index (χ3n) is 12.1. The Morgan fingerprint density at radius 3 is 2.09 bits per heavy atom. The summed E-state index contributed by atoms with van der Waals surface area (Å²) in [5.41, 5.74) is 18.6. The van der Waals surface area contributed by atoms with Gasteiger partial charge in [0, 0.05) is 27.6 Å². The standard InChI is InChI=1S/C52H41N/c1-51(2)46-21-13-11-19-40(46)42-29-27-39(33-48(42)51)53(49-30-25-37(34-15-7-5-8-16-34)31-44(49)35-17-9-6-10-18-35)38-26-23-36-24-28-43-41-20-12-14-22-47(41)52(3,4)50(43)45(36)32-38/h5-9,11-17,19-26,28,30-33H,10,18H2,1-4H3. The lowest BCUT2D eigenvalue weighted by atomic mass is 9.80. The fraction of sp³-hybridized carbons (Fsp3) is 0.154. The molecular weight excluding hydrogens is 639 g/mol. The molecule has 0 saturated carbocycles. The van der Waals surface area contributed by atoms with Crippen molar-refractivity contribution in [2.45, 2.75) is 51.4 Å². The van der Waals surface area contributed by atoms with Gasteiger partial charge >= 0.3 is 0 Å². The molecule has 53 heavy (non-hydrogen) atoms. The van der Waals surface area contributed by atoms with Crippen molar-refractivity contribution in [1.82, 2.24) is 0 Å². The highest BCUT2D eigenvalue weighted by molar-refractivity contribution is 6.00. The van der Waals surface area contributed by atoms with E-state index in [4.69, 9.17) is 0 Å². The van der Waals surface area contributed by atoms with Gasteiger partial charge in [0.15, 0.2) is 0 Å².